The SMILES string of the molecule is C[C@@H]1CN(C(=O)C(=O)Nc2cnc(N)c(C3CC3)c2)[C@@H](c2ccc(F)c(F)c2)CN1C(=O)C1(C)CC1. The number of rotatable bonds is 4. The Kier molecular flexibility index (Phi) is 5.92. The molecule has 190 valence electrons. The Bertz CT molecular complexity index is 1240. The Balaban J connectivity index is 1.40. The Morgan fingerprint density at radius 2 is 1.81 bits per heavy atom. The van der Waals surface area contributed by atoms with Crippen LogP contribution in [-0.4, -0.2) is 51.6 Å². The van der Waals surface area contributed by atoms with Crippen molar-refractivity contribution in [2.75, 3.05) is 24.1 Å². The van der Waals surface area contributed by atoms with Gasteiger partial charge in [-0.1, -0.05) is 13.0 Å². The molecule has 5 rings (SSSR count). The molecule has 1 aromatic carbocycles. The van der Waals surface area contributed by atoms with E-state index in [1.54, 1.807) is 11.0 Å². The minimum absolute atomic E-state index is 0.0281. The molecular weight excluding hydrogens is 468 g/mol. The summed E-state index contributed by atoms with van der Waals surface area (Å²) in [5.41, 5.74) is 7.02. The van der Waals surface area contributed by atoms with E-state index in [9.17, 15) is 23.2 Å². The summed E-state index contributed by atoms with van der Waals surface area (Å²) >= 11 is 0. The highest BCUT2D eigenvalue weighted by molar-refractivity contribution is 6.39. The molecule has 2 aliphatic carbocycles. The van der Waals surface area contributed by atoms with Gasteiger partial charge < -0.3 is 20.9 Å². The summed E-state index contributed by atoms with van der Waals surface area (Å²) in [6.45, 7) is 3.87. The average molecular weight is 498 g/mol. The normalized spacial score (nSPS) is 22.8. The molecule has 2 saturated carbocycles. The van der Waals surface area contributed by atoms with Crippen LogP contribution in [0.2, 0.25) is 0 Å². The number of nitrogen functional groups attached to an aromatic ring is 1. The first-order chi connectivity index (χ1) is 17.1. The molecule has 2 aromatic rings. The zero-order chi connectivity index (χ0) is 25.8. The first-order valence-electron chi connectivity index (χ1n) is 12.2. The molecule has 3 fully saturated rings. The molecule has 10 heteroatoms. The number of nitrogens with zero attached hydrogens (tertiary/aromatic N) is 3. The van der Waals surface area contributed by atoms with E-state index in [0.717, 1.165) is 43.4 Å². The van der Waals surface area contributed by atoms with Crippen molar-refractivity contribution in [3.05, 3.63) is 53.2 Å². The minimum Gasteiger partial charge on any atom is -0.383 e. The van der Waals surface area contributed by atoms with Crippen LogP contribution in [0.5, 0.6) is 0 Å². The fourth-order valence-electron chi connectivity index (χ4n) is 4.83. The first kappa shape index (κ1) is 24.1. The van der Waals surface area contributed by atoms with Crippen LogP contribution in [0.25, 0.3) is 0 Å². The van der Waals surface area contributed by atoms with Crippen molar-refractivity contribution in [3.63, 3.8) is 0 Å². The van der Waals surface area contributed by atoms with E-state index < -0.39 is 34.9 Å². The minimum atomic E-state index is -1.06. The second-order valence-electron chi connectivity index (χ2n) is 10.4. The van der Waals surface area contributed by atoms with Gasteiger partial charge in [-0.15, -0.1) is 0 Å². The number of benzene rings is 1. The van der Waals surface area contributed by atoms with Crippen LogP contribution in [0.15, 0.2) is 30.5 Å². The lowest BCUT2D eigenvalue weighted by molar-refractivity contribution is -0.153. The summed E-state index contributed by atoms with van der Waals surface area (Å²) < 4.78 is 27.8. The molecular formula is C26H29F2N5O3. The van der Waals surface area contributed by atoms with E-state index in [1.807, 2.05) is 13.8 Å². The molecule has 3 N–H and O–H groups in total. The number of halogens is 2. The van der Waals surface area contributed by atoms with Crippen molar-refractivity contribution < 1.29 is 23.2 Å². The third-order valence-electron chi connectivity index (χ3n) is 7.52. The zero-order valence-corrected chi connectivity index (χ0v) is 20.3. The number of carbonyl (C=O) groups excluding carboxylic acids is 3. The van der Waals surface area contributed by atoms with Crippen molar-refractivity contribution >= 4 is 29.2 Å². The molecule has 0 bridgehead atoms. The third-order valence-corrected chi connectivity index (χ3v) is 7.52. The van der Waals surface area contributed by atoms with Crippen molar-refractivity contribution in [1.29, 1.82) is 0 Å². The highest BCUT2D eigenvalue weighted by Crippen LogP contribution is 2.48. The molecule has 8 nitrogen and oxygen atoms in total. The van der Waals surface area contributed by atoms with Gasteiger partial charge in [0, 0.05) is 24.5 Å². The van der Waals surface area contributed by atoms with Gasteiger partial charge in [0.2, 0.25) is 5.91 Å². The van der Waals surface area contributed by atoms with E-state index in [1.165, 1.54) is 17.2 Å². The van der Waals surface area contributed by atoms with E-state index in [0.29, 0.717) is 23.0 Å². The van der Waals surface area contributed by atoms with Crippen LogP contribution in [0, 0.1) is 17.0 Å². The van der Waals surface area contributed by atoms with Crippen molar-refractivity contribution in [3.8, 4) is 0 Å². The van der Waals surface area contributed by atoms with Crippen LogP contribution < -0.4 is 11.1 Å². The highest BCUT2D eigenvalue weighted by atomic mass is 19.2. The molecule has 2 heterocycles. The fraction of sp³-hybridized carbons (Fsp3) is 0.462. The lowest BCUT2D eigenvalue weighted by Crippen LogP contribution is -2.59. The maximum Gasteiger partial charge on any atom is 0.313 e. The first-order valence-corrected chi connectivity index (χ1v) is 12.2. The lowest BCUT2D eigenvalue weighted by Gasteiger charge is -2.46. The highest BCUT2D eigenvalue weighted by Gasteiger charge is 2.50. The quantitative estimate of drug-likeness (QED) is 0.630. The smallest absolute Gasteiger partial charge is 0.313 e. The Morgan fingerprint density at radius 3 is 2.44 bits per heavy atom. The summed E-state index contributed by atoms with van der Waals surface area (Å²) in [5.74, 6) is -3.10. The van der Waals surface area contributed by atoms with Crippen LogP contribution in [0.1, 0.15) is 62.6 Å². The number of nitrogens with one attached hydrogen (secondary N) is 1. The number of amides is 3. The number of aromatic nitrogens is 1. The molecule has 1 saturated heterocycles. The average Bonchev–Trinajstić information content (AvgIpc) is 3.78. The third kappa shape index (κ3) is 4.52. The van der Waals surface area contributed by atoms with Crippen molar-refractivity contribution in [1.82, 2.24) is 14.8 Å². The molecule has 0 unspecified atom stereocenters. The predicted molar refractivity (Wildman–Crippen MR) is 129 cm³/mol. The van der Waals surface area contributed by atoms with E-state index in [4.69, 9.17) is 5.73 Å². The van der Waals surface area contributed by atoms with Gasteiger partial charge in [0.1, 0.15) is 5.82 Å². The van der Waals surface area contributed by atoms with E-state index in [-0.39, 0.29) is 25.0 Å². The van der Waals surface area contributed by atoms with Gasteiger partial charge in [-0.3, -0.25) is 14.4 Å². The molecule has 2 atom stereocenters. The topological polar surface area (TPSA) is 109 Å². The van der Waals surface area contributed by atoms with Crippen LogP contribution >= 0.6 is 0 Å². The number of hydrogen-bond acceptors (Lipinski definition) is 5. The number of pyridine rings is 1. The molecule has 3 amide bonds. The molecule has 0 spiro atoms. The van der Waals surface area contributed by atoms with Gasteiger partial charge in [-0.05, 0) is 67.9 Å². The number of hydrogen-bond donors (Lipinski definition) is 2. The summed E-state index contributed by atoms with van der Waals surface area (Å²) in [6, 6.07) is 3.94. The molecule has 1 aromatic heterocycles. The Morgan fingerprint density at radius 1 is 1.08 bits per heavy atom. The monoisotopic (exact) mass is 497 g/mol. The predicted octanol–water partition coefficient (Wildman–Crippen LogP) is 3.36. The Labute approximate surface area is 207 Å². The summed E-state index contributed by atoms with van der Waals surface area (Å²) in [4.78, 5) is 46.7. The number of carbonyl (C=O) groups is 3. The van der Waals surface area contributed by atoms with E-state index in [2.05, 4.69) is 10.3 Å². The summed E-state index contributed by atoms with van der Waals surface area (Å²) in [5, 5.41) is 2.60. The van der Waals surface area contributed by atoms with Gasteiger partial charge >= 0.3 is 11.8 Å². The van der Waals surface area contributed by atoms with Gasteiger partial charge in [-0.2, -0.15) is 0 Å². The van der Waals surface area contributed by atoms with Gasteiger partial charge in [0.15, 0.2) is 11.6 Å². The zero-order valence-electron chi connectivity index (χ0n) is 20.3. The van der Waals surface area contributed by atoms with E-state index >= 15 is 0 Å². The van der Waals surface area contributed by atoms with Crippen molar-refractivity contribution in [2.24, 2.45) is 5.41 Å². The number of nitrogens with two attached hydrogens (primary N) is 1. The molecule has 1 aliphatic heterocycles. The summed E-state index contributed by atoms with van der Waals surface area (Å²) in [7, 11) is 0. The van der Waals surface area contributed by atoms with Crippen LogP contribution in [0.4, 0.5) is 20.3 Å². The lowest BCUT2D eigenvalue weighted by atomic mass is 9.97. The maximum atomic E-state index is 14.1. The second-order valence-corrected chi connectivity index (χ2v) is 10.4. The fourth-order valence-corrected chi connectivity index (χ4v) is 4.83. The largest absolute Gasteiger partial charge is 0.383 e. The summed E-state index contributed by atoms with van der Waals surface area (Å²) in [6.07, 6.45) is 4.97. The second kappa shape index (κ2) is 8.83. The van der Waals surface area contributed by atoms with Crippen molar-refractivity contribution in [2.45, 2.75) is 57.5 Å². The van der Waals surface area contributed by atoms with Gasteiger partial charge in [-0.25, -0.2) is 13.8 Å². The molecule has 3 aliphatic rings. The standard InChI is InChI=1S/C26H29F2N5O3/c1-14-12-33(24(35)23(34)31-17-10-18(15-3-4-15)22(29)30-11-17)21(16-5-6-19(27)20(28)9-16)13-32(14)25(36)26(2)7-8-26/h5-6,9-11,14-15,21H,3-4,7-8,12-13H2,1-2H3,(H2,29,30)(H,31,34)/t14-,21-/m1/s1. The van der Waals surface area contributed by atoms with Crippen LogP contribution in [-0.2, 0) is 14.4 Å². The number of anilines is 2. The number of piperazine rings is 1. The molecule has 0 radical (unpaired) electrons. The molecule has 36 heavy (non-hydrogen) atoms. The van der Waals surface area contributed by atoms with Gasteiger partial charge in [0.25, 0.3) is 0 Å². The van der Waals surface area contributed by atoms with Crippen LogP contribution in [0.3, 0.4) is 0 Å². The van der Waals surface area contributed by atoms with Gasteiger partial charge in [0.05, 0.1) is 17.9 Å². The Hall–Kier alpha value is -3.56. The maximum absolute atomic E-state index is 14.1.